The lowest BCUT2D eigenvalue weighted by molar-refractivity contribution is -0.147. The molecule has 9 heteroatoms. The predicted molar refractivity (Wildman–Crippen MR) is 91.7 cm³/mol. The van der Waals surface area contributed by atoms with Crippen molar-refractivity contribution in [2.24, 2.45) is 0 Å². The quantitative estimate of drug-likeness (QED) is 0.654. The standard InChI is InChI=1S/C16H24N2O6S/c1-5-23-12-6-8-13(9-7-12)25(21,22)17-10-15(20)24-11-14(19)18-16(2,3)4/h6-9,17H,5,10-11H2,1-4H3,(H,18,19). The number of carbonyl (C=O) groups is 2. The van der Waals surface area contributed by atoms with Gasteiger partial charge in [0.1, 0.15) is 12.3 Å². The lowest BCUT2D eigenvalue weighted by atomic mass is 10.1. The van der Waals surface area contributed by atoms with Crippen LogP contribution >= 0.6 is 0 Å². The number of benzene rings is 1. The van der Waals surface area contributed by atoms with E-state index in [-0.39, 0.29) is 4.90 Å². The molecule has 0 spiro atoms. The van der Waals surface area contributed by atoms with Crippen LogP contribution in [0.2, 0.25) is 0 Å². The van der Waals surface area contributed by atoms with E-state index in [1.807, 2.05) is 6.92 Å². The molecule has 0 atom stereocenters. The number of ether oxygens (including phenoxy) is 2. The van der Waals surface area contributed by atoms with Gasteiger partial charge < -0.3 is 14.8 Å². The highest BCUT2D eigenvalue weighted by Gasteiger charge is 2.18. The van der Waals surface area contributed by atoms with Crippen molar-refractivity contribution in [2.75, 3.05) is 19.8 Å². The summed E-state index contributed by atoms with van der Waals surface area (Å²) in [5.41, 5.74) is -0.446. The van der Waals surface area contributed by atoms with Crippen molar-refractivity contribution in [2.45, 2.75) is 38.1 Å². The van der Waals surface area contributed by atoms with Crippen LogP contribution < -0.4 is 14.8 Å². The third-order valence-electron chi connectivity index (χ3n) is 2.73. The molecule has 0 aliphatic rings. The van der Waals surface area contributed by atoms with Crippen LogP contribution in [0.3, 0.4) is 0 Å². The first-order valence-corrected chi connectivity index (χ1v) is 9.21. The molecule has 2 N–H and O–H groups in total. The van der Waals surface area contributed by atoms with Crippen molar-refractivity contribution in [3.63, 3.8) is 0 Å². The number of hydrogen-bond acceptors (Lipinski definition) is 6. The molecule has 140 valence electrons. The molecule has 1 aromatic rings. The lowest BCUT2D eigenvalue weighted by Gasteiger charge is -2.20. The second kappa shape index (κ2) is 8.82. The first-order valence-electron chi connectivity index (χ1n) is 7.72. The van der Waals surface area contributed by atoms with Crippen LogP contribution in [0.4, 0.5) is 0 Å². The Balaban J connectivity index is 2.50. The Kier molecular flexibility index (Phi) is 7.38. The van der Waals surface area contributed by atoms with Crippen LogP contribution in [0.25, 0.3) is 0 Å². The van der Waals surface area contributed by atoms with Gasteiger partial charge in [-0.25, -0.2) is 8.42 Å². The van der Waals surface area contributed by atoms with Crippen LogP contribution in [0.5, 0.6) is 5.75 Å². The van der Waals surface area contributed by atoms with Gasteiger partial charge >= 0.3 is 5.97 Å². The van der Waals surface area contributed by atoms with E-state index >= 15 is 0 Å². The van der Waals surface area contributed by atoms with E-state index in [2.05, 4.69) is 10.0 Å². The topological polar surface area (TPSA) is 111 Å². The van der Waals surface area contributed by atoms with Crippen molar-refractivity contribution in [3.8, 4) is 5.75 Å². The van der Waals surface area contributed by atoms with Crippen molar-refractivity contribution in [1.29, 1.82) is 0 Å². The monoisotopic (exact) mass is 372 g/mol. The van der Waals surface area contributed by atoms with Gasteiger partial charge in [0.05, 0.1) is 11.5 Å². The van der Waals surface area contributed by atoms with Crippen molar-refractivity contribution in [1.82, 2.24) is 10.0 Å². The average Bonchev–Trinajstić information content (AvgIpc) is 2.50. The van der Waals surface area contributed by atoms with Gasteiger partial charge in [-0.1, -0.05) is 0 Å². The molecule has 0 aliphatic heterocycles. The normalized spacial score (nSPS) is 11.7. The van der Waals surface area contributed by atoms with Crippen LogP contribution in [-0.4, -0.2) is 45.6 Å². The van der Waals surface area contributed by atoms with E-state index in [9.17, 15) is 18.0 Å². The number of sulfonamides is 1. The third-order valence-corrected chi connectivity index (χ3v) is 4.15. The molecule has 1 aromatic carbocycles. The van der Waals surface area contributed by atoms with Crippen LogP contribution in [0, 0.1) is 0 Å². The smallest absolute Gasteiger partial charge is 0.321 e. The minimum atomic E-state index is -3.86. The zero-order valence-electron chi connectivity index (χ0n) is 14.8. The van der Waals surface area contributed by atoms with E-state index in [1.165, 1.54) is 24.3 Å². The van der Waals surface area contributed by atoms with Crippen molar-refractivity contribution >= 4 is 21.9 Å². The van der Waals surface area contributed by atoms with Crippen LogP contribution in [0.1, 0.15) is 27.7 Å². The van der Waals surface area contributed by atoms with E-state index in [4.69, 9.17) is 9.47 Å². The second-order valence-electron chi connectivity index (χ2n) is 6.19. The van der Waals surface area contributed by atoms with Gasteiger partial charge in [-0.2, -0.15) is 4.72 Å². The third kappa shape index (κ3) is 7.99. The fraction of sp³-hybridized carbons (Fsp3) is 0.500. The lowest BCUT2D eigenvalue weighted by Crippen LogP contribution is -2.43. The van der Waals surface area contributed by atoms with Crippen LogP contribution in [0.15, 0.2) is 29.2 Å². The summed E-state index contributed by atoms with van der Waals surface area (Å²) in [6, 6.07) is 5.78. The SMILES string of the molecule is CCOc1ccc(S(=O)(=O)NCC(=O)OCC(=O)NC(C)(C)C)cc1. The number of esters is 1. The summed E-state index contributed by atoms with van der Waals surface area (Å²) in [6.07, 6.45) is 0. The molecule has 0 fully saturated rings. The fourth-order valence-corrected chi connectivity index (χ4v) is 2.74. The van der Waals surface area contributed by atoms with Gasteiger partial charge in [0.2, 0.25) is 10.0 Å². The minimum absolute atomic E-state index is 0.00534. The molecule has 0 aromatic heterocycles. The zero-order valence-corrected chi connectivity index (χ0v) is 15.6. The van der Waals surface area contributed by atoms with E-state index in [1.54, 1.807) is 20.8 Å². The molecular weight excluding hydrogens is 348 g/mol. The first kappa shape index (κ1) is 20.9. The van der Waals surface area contributed by atoms with Gasteiger partial charge in [-0.3, -0.25) is 9.59 Å². The summed E-state index contributed by atoms with van der Waals surface area (Å²) >= 11 is 0. The second-order valence-corrected chi connectivity index (χ2v) is 7.95. The Bertz CT molecular complexity index is 692. The maximum Gasteiger partial charge on any atom is 0.321 e. The molecule has 0 bridgehead atoms. The summed E-state index contributed by atoms with van der Waals surface area (Å²) in [5.74, 6) is -0.764. The summed E-state index contributed by atoms with van der Waals surface area (Å²) in [4.78, 5) is 23.1. The van der Waals surface area contributed by atoms with E-state index < -0.39 is 40.6 Å². The van der Waals surface area contributed by atoms with Crippen molar-refractivity contribution < 1.29 is 27.5 Å². The molecule has 0 radical (unpaired) electrons. The first-order chi connectivity index (χ1) is 11.5. The Labute approximate surface area is 147 Å². The Hall–Kier alpha value is -2.13. The van der Waals surface area contributed by atoms with Gasteiger partial charge in [0.15, 0.2) is 6.61 Å². The largest absolute Gasteiger partial charge is 0.494 e. The van der Waals surface area contributed by atoms with E-state index in [0.29, 0.717) is 12.4 Å². The van der Waals surface area contributed by atoms with Gasteiger partial charge in [0.25, 0.3) is 5.91 Å². The number of hydrogen-bond donors (Lipinski definition) is 2. The maximum atomic E-state index is 12.1. The Morgan fingerprint density at radius 2 is 1.72 bits per heavy atom. The maximum absolute atomic E-state index is 12.1. The summed E-state index contributed by atoms with van der Waals surface area (Å²) in [7, 11) is -3.86. The molecule has 25 heavy (non-hydrogen) atoms. The summed E-state index contributed by atoms with van der Waals surface area (Å²) in [6.45, 7) is 6.62. The molecule has 0 saturated heterocycles. The molecule has 1 amide bonds. The highest BCUT2D eigenvalue weighted by Crippen LogP contribution is 2.15. The molecule has 0 saturated carbocycles. The number of rotatable bonds is 8. The summed E-state index contributed by atoms with van der Waals surface area (Å²) in [5, 5.41) is 2.62. The summed E-state index contributed by atoms with van der Waals surface area (Å²) < 4.78 is 36.3. The van der Waals surface area contributed by atoms with Crippen molar-refractivity contribution in [3.05, 3.63) is 24.3 Å². The van der Waals surface area contributed by atoms with Gasteiger partial charge in [0, 0.05) is 5.54 Å². The minimum Gasteiger partial charge on any atom is -0.494 e. The number of amides is 1. The molecule has 0 unspecified atom stereocenters. The molecule has 0 aliphatic carbocycles. The number of nitrogens with one attached hydrogen (secondary N) is 2. The van der Waals surface area contributed by atoms with Crippen LogP contribution in [-0.2, 0) is 24.3 Å². The van der Waals surface area contributed by atoms with E-state index in [0.717, 1.165) is 0 Å². The fourth-order valence-electron chi connectivity index (χ4n) is 1.77. The molecular formula is C16H24N2O6S. The number of carbonyl (C=O) groups excluding carboxylic acids is 2. The molecule has 0 heterocycles. The highest BCUT2D eigenvalue weighted by atomic mass is 32.2. The molecule has 8 nitrogen and oxygen atoms in total. The Morgan fingerprint density at radius 1 is 1.12 bits per heavy atom. The average molecular weight is 372 g/mol. The van der Waals surface area contributed by atoms with Gasteiger partial charge in [-0.15, -0.1) is 0 Å². The zero-order chi connectivity index (χ0) is 19.1. The molecule has 1 rings (SSSR count). The predicted octanol–water partition coefficient (Wildman–Crippen LogP) is 0.822. The van der Waals surface area contributed by atoms with Gasteiger partial charge in [-0.05, 0) is 52.0 Å². The highest BCUT2D eigenvalue weighted by molar-refractivity contribution is 7.89. The Morgan fingerprint density at radius 3 is 2.24 bits per heavy atom.